The van der Waals surface area contributed by atoms with Crippen LogP contribution in [0, 0.1) is 0 Å². The predicted octanol–water partition coefficient (Wildman–Crippen LogP) is 3.94. The van der Waals surface area contributed by atoms with E-state index in [2.05, 4.69) is 20.7 Å². The minimum absolute atomic E-state index is 0.805. The summed E-state index contributed by atoms with van der Waals surface area (Å²) in [7, 11) is 0. The van der Waals surface area contributed by atoms with Gasteiger partial charge in [0, 0.05) is 0 Å². The number of rotatable bonds is 0. The molecule has 0 saturated heterocycles. The number of hydrogen-bond donors (Lipinski definition) is 0. The lowest BCUT2D eigenvalue weighted by molar-refractivity contribution is 0.561. The summed E-state index contributed by atoms with van der Waals surface area (Å²) < 4.78 is 0. The van der Waals surface area contributed by atoms with Crippen LogP contribution < -0.4 is 0 Å². The standard InChI is InChI=1S/C10H20N4/c1-2-4-6-8-10-12-14-13-11-9-7-5-3-1/h1-10H2. The number of nitrogens with zero attached hydrogens (tertiary/aromatic N) is 4. The summed E-state index contributed by atoms with van der Waals surface area (Å²) in [5, 5.41) is 15.1. The van der Waals surface area contributed by atoms with Crippen molar-refractivity contribution in [2.24, 2.45) is 20.7 Å². The average molecular weight is 196 g/mol. The Morgan fingerprint density at radius 1 is 0.429 bits per heavy atom. The first-order chi connectivity index (χ1) is 7.00. The largest absolute Gasteiger partial charge is 0.167 e. The Labute approximate surface area is 85.9 Å². The van der Waals surface area contributed by atoms with Crippen LogP contribution >= 0.6 is 0 Å². The van der Waals surface area contributed by atoms with Crippen molar-refractivity contribution < 1.29 is 0 Å². The van der Waals surface area contributed by atoms with Crippen LogP contribution in [0.3, 0.4) is 0 Å². The van der Waals surface area contributed by atoms with Crippen molar-refractivity contribution in [2.45, 2.75) is 51.4 Å². The molecule has 1 aliphatic rings. The topological polar surface area (TPSA) is 49.4 Å². The fourth-order valence-corrected chi connectivity index (χ4v) is 1.57. The fourth-order valence-electron chi connectivity index (χ4n) is 1.57. The second-order valence-corrected chi connectivity index (χ2v) is 3.74. The molecule has 14 heavy (non-hydrogen) atoms. The molecule has 0 aromatic carbocycles. The second kappa shape index (κ2) is 8.78. The van der Waals surface area contributed by atoms with Crippen molar-refractivity contribution in [3.63, 3.8) is 0 Å². The van der Waals surface area contributed by atoms with E-state index in [-0.39, 0.29) is 0 Å². The molecule has 1 rings (SSSR count). The second-order valence-electron chi connectivity index (χ2n) is 3.74. The van der Waals surface area contributed by atoms with Crippen LogP contribution in [0.2, 0.25) is 0 Å². The summed E-state index contributed by atoms with van der Waals surface area (Å²) >= 11 is 0. The zero-order valence-electron chi connectivity index (χ0n) is 8.86. The van der Waals surface area contributed by atoms with Crippen molar-refractivity contribution in [2.75, 3.05) is 13.1 Å². The van der Waals surface area contributed by atoms with Crippen LogP contribution in [0.5, 0.6) is 0 Å². The Bertz CT molecular complexity index is 157. The Morgan fingerprint density at radius 3 is 1.21 bits per heavy atom. The van der Waals surface area contributed by atoms with Gasteiger partial charge in [-0.25, -0.2) is 0 Å². The Hall–Kier alpha value is -0.800. The summed E-state index contributed by atoms with van der Waals surface area (Å²) in [6, 6.07) is 0. The Kier molecular flexibility index (Phi) is 7.07. The molecule has 80 valence electrons. The van der Waals surface area contributed by atoms with Crippen LogP contribution in [-0.2, 0) is 0 Å². The first-order valence-electron chi connectivity index (χ1n) is 5.73. The van der Waals surface area contributed by atoms with Crippen molar-refractivity contribution in [1.29, 1.82) is 0 Å². The predicted molar refractivity (Wildman–Crippen MR) is 56.4 cm³/mol. The summed E-state index contributed by atoms with van der Waals surface area (Å²) in [4.78, 5) is 0. The molecule has 0 spiro atoms. The molecule has 1 heterocycles. The van der Waals surface area contributed by atoms with Crippen LogP contribution in [0.4, 0.5) is 0 Å². The molecule has 0 bridgehead atoms. The summed E-state index contributed by atoms with van der Waals surface area (Å²) in [6.45, 7) is 1.61. The molecule has 0 fully saturated rings. The first-order valence-corrected chi connectivity index (χ1v) is 5.73. The van der Waals surface area contributed by atoms with Crippen LogP contribution in [0.15, 0.2) is 20.7 Å². The van der Waals surface area contributed by atoms with Gasteiger partial charge in [0.1, 0.15) is 0 Å². The maximum absolute atomic E-state index is 3.92. The van der Waals surface area contributed by atoms with Gasteiger partial charge in [-0.2, -0.15) is 10.2 Å². The van der Waals surface area contributed by atoms with E-state index in [1.165, 1.54) is 38.5 Å². The van der Waals surface area contributed by atoms with E-state index in [0.717, 1.165) is 25.9 Å². The lowest BCUT2D eigenvalue weighted by Crippen LogP contribution is -1.85. The van der Waals surface area contributed by atoms with Crippen LogP contribution in [0.1, 0.15) is 51.4 Å². The van der Waals surface area contributed by atoms with Gasteiger partial charge in [-0.05, 0) is 23.3 Å². The van der Waals surface area contributed by atoms with Crippen molar-refractivity contribution >= 4 is 0 Å². The van der Waals surface area contributed by atoms with E-state index in [1.54, 1.807) is 0 Å². The SMILES string of the molecule is C1CCCCCN=NN=NCCCC1. The average Bonchev–Trinajstić information content (AvgIpc) is 2.22. The molecule has 4 nitrogen and oxygen atoms in total. The normalized spacial score (nSPS) is 21.7. The van der Waals surface area contributed by atoms with E-state index in [0.29, 0.717) is 0 Å². The van der Waals surface area contributed by atoms with E-state index in [9.17, 15) is 0 Å². The van der Waals surface area contributed by atoms with Gasteiger partial charge in [-0.15, -0.1) is 0 Å². The minimum atomic E-state index is 0.805. The molecule has 0 N–H and O–H groups in total. The van der Waals surface area contributed by atoms with Crippen molar-refractivity contribution in [3.8, 4) is 0 Å². The molecular weight excluding hydrogens is 176 g/mol. The van der Waals surface area contributed by atoms with Gasteiger partial charge >= 0.3 is 0 Å². The molecule has 1 aliphatic heterocycles. The molecule has 0 atom stereocenters. The van der Waals surface area contributed by atoms with E-state index >= 15 is 0 Å². The quantitative estimate of drug-likeness (QED) is 0.563. The third kappa shape index (κ3) is 6.69. The smallest absolute Gasteiger partial charge is 0.0621 e. The molecular formula is C10H20N4. The van der Waals surface area contributed by atoms with Gasteiger partial charge in [-0.3, -0.25) is 0 Å². The zero-order chi connectivity index (χ0) is 9.90. The highest BCUT2D eigenvalue weighted by Gasteiger charge is 1.92. The van der Waals surface area contributed by atoms with E-state index in [1.807, 2.05) is 0 Å². The monoisotopic (exact) mass is 196 g/mol. The molecule has 0 aromatic heterocycles. The van der Waals surface area contributed by atoms with Gasteiger partial charge < -0.3 is 0 Å². The van der Waals surface area contributed by atoms with Crippen LogP contribution in [0.25, 0.3) is 0 Å². The van der Waals surface area contributed by atoms with Gasteiger partial charge in [0.05, 0.1) is 13.1 Å². The third-order valence-corrected chi connectivity index (χ3v) is 2.43. The highest BCUT2D eigenvalue weighted by Crippen LogP contribution is 2.09. The third-order valence-electron chi connectivity index (χ3n) is 2.43. The minimum Gasteiger partial charge on any atom is -0.167 e. The van der Waals surface area contributed by atoms with Gasteiger partial charge in [0.2, 0.25) is 0 Å². The van der Waals surface area contributed by atoms with E-state index in [4.69, 9.17) is 0 Å². The lowest BCUT2D eigenvalue weighted by Gasteiger charge is -2.00. The highest BCUT2D eigenvalue weighted by molar-refractivity contribution is 4.49. The molecule has 0 unspecified atom stereocenters. The maximum Gasteiger partial charge on any atom is 0.0621 e. The highest BCUT2D eigenvalue weighted by atomic mass is 15.5. The van der Waals surface area contributed by atoms with Gasteiger partial charge in [0.15, 0.2) is 0 Å². The number of hydrogen-bond acceptors (Lipinski definition) is 4. The summed E-state index contributed by atoms with van der Waals surface area (Å²) in [5.41, 5.74) is 0. The Morgan fingerprint density at radius 2 is 0.786 bits per heavy atom. The zero-order valence-corrected chi connectivity index (χ0v) is 8.86. The molecule has 0 amide bonds. The van der Waals surface area contributed by atoms with Gasteiger partial charge in [0.25, 0.3) is 0 Å². The Balaban J connectivity index is 2.17. The van der Waals surface area contributed by atoms with Gasteiger partial charge in [-0.1, -0.05) is 38.5 Å². The summed E-state index contributed by atoms with van der Waals surface area (Å²) in [5.74, 6) is 0. The molecule has 0 aliphatic carbocycles. The first kappa shape index (κ1) is 11.3. The maximum atomic E-state index is 3.92. The fraction of sp³-hybridized carbons (Fsp3) is 1.00. The summed E-state index contributed by atoms with van der Waals surface area (Å²) in [6.07, 6.45) is 10.3. The van der Waals surface area contributed by atoms with Crippen LogP contribution in [-0.4, -0.2) is 13.1 Å². The molecule has 0 aromatic rings. The lowest BCUT2D eigenvalue weighted by atomic mass is 10.1. The van der Waals surface area contributed by atoms with Crippen molar-refractivity contribution in [1.82, 2.24) is 0 Å². The van der Waals surface area contributed by atoms with Crippen molar-refractivity contribution in [3.05, 3.63) is 0 Å². The molecule has 4 heteroatoms. The molecule has 0 radical (unpaired) electrons. The van der Waals surface area contributed by atoms with E-state index < -0.39 is 0 Å². The molecule has 0 saturated carbocycles.